The van der Waals surface area contributed by atoms with Crippen LogP contribution in [0.3, 0.4) is 0 Å². The fourth-order valence-corrected chi connectivity index (χ4v) is 2.72. The molecule has 0 aliphatic heterocycles. The molecule has 0 radical (unpaired) electrons. The first kappa shape index (κ1) is 16.7. The first-order valence-corrected chi connectivity index (χ1v) is 7.68. The number of rotatable bonds is 5. The highest BCUT2D eigenvalue weighted by atomic mass is 35.5. The number of aliphatic imine (C=N–C) groups is 1. The Morgan fingerprint density at radius 2 is 1.96 bits per heavy atom. The highest BCUT2D eigenvalue weighted by Gasteiger charge is 2.17. The summed E-state index contributed by atoms with van der Waals surface area (Å²) >= 11 is 6.09. The predicted octanol–water partition coefficient (Wildman–Crippen LogP) is 3.80. The molecule has 2 N–H and O–H groups in total. The number of phenolic OH excluding ortho intramolecular Hbond substituents is 2. The molecule has 3 aromatic rings. The van der Waals surface area contributed by atoms with Crippen LogP contribution in [0, 0.1) is 10.1 Å². The van der Waals surface area contributed by atoms with Crippen LogP contribution in [0.4, 0.5) is 11.6 Å². The number of nitrogens with zero attached hydrogens (tertiary/aromatic N) is 4. The van der Waals surface area contributed by atoms with E-state index >= 15 is 0 Å². The van der Waals surface area contributed by atoms with Crippen molar-refractivity contribution in [2.24, 2.45) is 4.99 Å². The molecule has 25 heavy (non-hydrogen) atoms. The second-order valence-electron chi connectivity index (χ2n) is 5.18. The molecule has 3 rings (SSSR count). The summed E-state index contributed by atoms with van der Waals surface area (Å²) in [7, 11) is 0. The van der Waals surface area contributed by atoms with Crippen LogP contribution in [0.1, 0.15) is 6.42 Å². The Morgan fingerprint density at radius 3 is 2.64 bits per heavy atom. The number of fused-ring (bicyclic) bond motifs is 1. The number of aromatic hydroxyl groups is 2. The van der Waals surface area contributed by atoms with Crippen LogP contribution in [0.25, 0.3) is 10.8 Å². The minimum absolute atomic E-state index is 0.0537. The Morgan fingerprint density at radius 1 is 1.28 bits per heavy atom. The van der Waals surface area contributed by atoms with E-state index < -0.39 is 4.92 Å². The summed E-state index contributed by atoms with van der Waals surface area (Å²) in [5.74, 6) is -0.548. The molecule has 0 spiro atoms. The summed E-state index contributed by atoms with van der Waals surface area (Å²) in [5.41, 5.74) is 0.0537. The number of phenols is 2. The maximum absolute atomic E-state index is 10.8. The zero-order chi connectivity index (χ0) is 18.0. The average Bonchev–Trinajstić information content (AvgIpc) is 3.08. The number of benzene rings is 2. The molecular formula is C16H13ClN4O4. The molecule has 0 bridgehead atoms. The van der Waals surface area contributed by atoms with Gasteiger partial charge in [-0.15, -0.1) is 0 Å². The van der Waals surface area contributed by atoms with Crippen LogP contribution in [0.2, 0.25) is 5.02 Å². The Bertz CT molecular complexity index is 984. The molecule has 0 aliphatic carbocycles. The maximum Gasteiger partial charge on any atom is 0.434 e. The van der Waals surface area contributed by atoms with E-state index in [9.17, 15) is 20.3 Å². The summed E-state index contributed by atoms with van der Waals surface area (Å²) in [5, 5.41) is 32.1. The third-order valence-electron chi connectivity index (χ3n) is 3.65. The van der Waals surface area contributed by atoms with Gasteiger partial charge in [-0.1, -0.05) is 40.9 Å². The van der Waals surface area contributed by atoms with E-state index in [0.717, 1.165) is 0 Å². The number of aryl methyl sites for hydroxylation is 1. The van der Waals surface area contributed by atoms with Crippen LogP contribution >= 0.6 is 11.6 Å². The third kappa shape index (κ3) is 3.11. The van der Waals surface area contributed by atoms with Gasteiger partial charge in [0.1, 0.15) is 28.9 Å². The molecule has 8 nitrogen and oxygen atoms in total. The van der Waals surface area contributed by atoms with E-state index in [0.29, 0.717) is 17.2 Å². The summed E-state index contributed by atoms with van der Waals surface area (Å²) in [6.07, 6.45) is 4.66. The zero-order valence-electron chi connectivity index (χ0n) is 12.8. The number of hydrogen-bond acceptors (Lipinski definition) is 6. The predicted molar refractivity (Wildman–Crippen MR) is 93.9 cm³/mol. The van der Waals surface area contributed by atoms with Gasteiger partial charge in [0.15, 0.2) is 5.75 Å². The van der Waals surface area contributed by atoms with E-state index in [1.54, 1.807) is 24.3 Å². The smallest absolute Gasteiger partial charge is 0.434 e. The van der Waals surface area contributed by atoms with Gasteiger partial charge < -0.3 is 20.3 Å². The molecule has 0 atom stereocenters. The second kappa shape index (κ2) is 6.78. The zero-order valence-corrected chi connectivity index (χ0v) is 13.6. The quantitative estimate of drug-likeness (QED) is 0.311. The van der Waals surface area contributed by atoms with Crippen molar-refractivity contribution in [3.63, 3.8) is 0 Å². The monoisotopic (exact) mass is 360 g/mol. The molecule has 0 unspecified atom stereocenters. The average molecular weight is 361 g/mol. The van der Waals surface area contributed by atoms with Crippen molar-refractivity contribution in [3.05, 3.63) is 51.8 Å². The van der Waals surface area contributed by atoms with Crippen molar-refractivity contribution in [1.82, 2.24) is 9.55 Å². The van der Waals surface area contributed by atoms with Crippen LogP contribution in [0.15, 0.2) is 41.7 Å². The van der Waals surface area contributed by atoms with E-state index in [4.69, 9.17) is 11.6 Å². The lowest BCUT2D eigenvalue weighted by Crippen LogP contribution is -2.03. The highest BCUT2D eigenvalue weighted by Crippen LogP contribution is 2.47. The highest BCUT2D eigenvalue weighted by molar-refractivity contribution is 6.36. The lowest BCUT2D eigenvalue weighted by atomic mass is 10.1. The van der Waals surface area contributed by atoms with E-state index in [1.807, 2.05) is 0 Å². The summed E-state index contributed by atoms with van der Waals surface area (Å²) in [6, 6.07) is 6.73. The Labute approximate surface area is 146 Å². The maximum atomic E-state index is 10.8. The number of halogens is 1. The first-order valence-electron chi connectivity index (χ1n) is 7.31. The van der Waals surface area contributed by atoms with Crippen molar-refractivity contribution in [1.29, 1.82) is 0 Å². The summed E-state index contributed by atoms with van der Waals surface area (Å²) < 4.78 is 1.38. The normalized spacial score (nSPS) is 11.4. The molecule has 0 aliphatic rings. The standard InChI is InChI=1S/C16H13ClN4O4/c17-12-13(15(23)11-5-2-1-4-10(11)14(12)22)18-6-3-8-20-9-7-19-16(20)21(24)25/h1-2,4-7,9,22-23H,3,8H2. The largest absolute Gasteiger partial charge is 0.506 e. The molecular weight excluding hydrogens is 348 g/mol. The van der Waals surface area contributed by atoms with Crippen LogP contribution < -0.4 is 0 Å². The van der Waals surface area contributed by atoms with Gasteiger partial charge in [-0.05, 0) is 4.92 Å². The SMILES string of the molecule is O=[N+]([O-])c1nccn1CCC=Nc1c(Cl)c(O)c2ccccc2c1O. The number of hydrogen-bond donors (Lipinski definition) is 2. The molecule has 128 valence electrons. The number of aromatic nitrogens is 2. The fourth-order valence-electron chi connectivity index (χ4n) is 2.48. The molecule has 0 saturated heterocycles. The van der Waals surface area contributed by atoms with Crippen molar-refractivity contribution in [2.45, 2.75) is 13.0 Å². The minimum atomic E-state index is -0.568. The second-order valence-corrected chi connectivity index (χ2v) is 5.56. The molecule has 1 heterocycles. The third-order valence-corrected chi connectivity index (χ3v) is 4.01. The summed E-state index contributed by atoms with van der Waals surface area (Å²) in [4.78, 5) is 18.0. The van der Waals surface area contributed by atoms with Crippen molar-refractivity contribution >= 4 is 40.2 Å². The molecule has 1 aromatic heterocycles. The fraction of sp³-hybridized carbons (Fsp3) is 0.125. The Balaban J connectivity index is 1.84. The van der Waals surface area contributed by atoms with Crippen molar-refractivity contribution in [3.8, 4) is 11.5 Å². The lowest BCUT2D eigenvalue weighted by molar-refractivity contribution is -0.396. The van der Waals surface area contributed by atoms with E-state index in [2.05, 4.69) is 9.98 Å². The Hall–Kier alpha value is -3.13. The van der Waals surface area contributed by atoms with Gasteiger partial charge in [-0.25, -0.2) is 4.57 Å². The van der Waals surface area contributed by atoms with E-state index in [-0.39, 0.29) is 34.7 Å². The van der Waals surface area contributed by atoms with Gasteiger partial charge in [-0.2, -0.15) is 0 Å². The number of imidazole rings is 1. The van der Waals surface area contributed by atoms with E-state index in [1.165, 1.54) is 23.2 Å². The Kier molecular flexibility index (Phi) is 4.53. The number of nitro groups is 1. The van der Waals surface area contributed by atoms with Gasteiger partial charge in [-0.3, -0.25) is 4.99 Å². The molecule has 0 saturated carbocycles. The van der Waals surface area contributed by atoms with Crippen molar-refractivity contribution in [2.75, 3.05) is 0 Å². The lowest BCUT2D eigenvalue weighted by Gasteiger charge is -2.09. The summed E-state index contributed by atoms with van der Waals surface area (Å²) in [6.45, 7) is 0.289. The van der Waals surface area contributed by atoms with Crippen LogP contribution in [-0.4, -0.2) is 30.9 Å². The van der Waals surface area contributed by atoms with Crippen LogP contribution in [0.5, 0.6) is 11.5 Å². The van der Waals surface area contributed by atoms with Gasteiger partial charge in [0.05, 0.1) is 6.54 Å². The molecule has 2 aromatic carbocycles. The molecule has 0 fully saturated rings. The van der Waals surface area contributed by atoms with Crippen molar-refractivity contribution < 1.29 is 15.1 Å². The molecule has 0 amide bonds. The minimum Gasteiger partial charge on any atom is -0.506 e. The van der Waals surface area contributed by atoms with Gasteiger partial charge in [0.2, 0.25) is 0 Å². The first-order chi connectivity index (χ1) is 12.0. The van der Waals surface area contributed by atoms with Gasteiger partial charge >= 0.3 is 5.95 Å². The topological polar surface area (TPSA) is 114 Å². The molecule has 9 heteroatoms. The van der Waals surface area contributed by atoms with Gasteiger partial charge in [0.25, 0.3) is 0 Å². The van der Waals surface area contributed by atoms with Crippen LogP contribution in [-0.2, 0) is 6.54 Å². The van der Waals surface area contributed by atoms with Gasteiger partial charge in [0, 0.05) is 23.4 Å².